The number of nitrogens with zero attached hydrogens (tertiary/aromatic N) is 2. The molecule has 0 aliphatic rings. The van der Waals surface area contributed by atoms with Crippen molar-refractivity contribution in [3.63, 3.8) is 0 Å². The molecule has 0 saturated heterocycles. The minimum absolute atomic E-state index is 0.283. The van der Waals surface area contributed by atoms with Crippen molar-refractivity contribution < 1.29 is 14.3 Å². The highest BCUT2D eigenvalue weighted by Gasteiger charge is 2.08. The van der Waals surface area contributed by atoms with E-state index in [2.05, 4.69) is 10.2 Å². The summed E-state index contributed by atoms with van der Waals surface area (Å²) >= 11 is 3.01. The molecule has 0 spiro atoms. The van der Waals surface area contributed by atoms with Gasteiger partial charge in [0.2, 0.25) is 0 Å². The summed E-state index contributed by atoms with van der Waals surface area (Å²) < 4.78 is 11.3. The normalized spacial score (nSPS) is 12.8. The van der Waals surface area contributed by atoms with Crippen LogP contribution >= 0.6 is 23.1 Å². The number of ether oxygens (including phenoxy) is 1. The fraction of sp³-hybridized carbons (Fsp3) is 0.455. The van der Waals surface area contributed by atoms with Gasteiger partial charge in [-0.05, 0) is 19.1 Å². The van der Waals surface area contributed by atoms with Gasteiger partial charge in [0, 0.05) is 5.75 Å². The van der Waals surface area contributed by atoms with E-state index in [1.54, 1.807) is 6.26 Å². The van der Waals surface area contributed by atoms with Gasteiger partial charge in [0.1, 0.15) is 17.4 Å². The Hall–Kier alpha value is -0.890. The van der Waals surface area contributed by atoms with Crippen LogP contribution in [0.4, 0.5) is 0 Å². The maximum atomic E-state index is 9.73. The molecular formula is C11H14N2O3S2. The average molecular weight is 286 g/mol. The molecule has 1 atom stereocenters. The number of aromatic nitrogens is 2. The predicted molar refractivity (Wildman–Crippen MR) is 69.7 cm³/mol. The van der Waals surface area contributed by atoms with E-state index < -0.39 is 6.10 Å². The fourth-order valence-electron chi connectivity index (χ4n) is 1.24. The lowest BCUT2D eigenvalue weighted by molar-refractivity contribution is 0.0328. The van der Waals surface area contributed by atoms with E-state index in [1.807, 2.05) is 19.1 Å². The maximum absolute atomic E-state index is 9.73. The first-order valence-corrected chi connectivity index (χ1v) is 7.25. The molecule has 98 valence electrons. The molecule has 2 heterocycles. The van der Waals surface area contributed by atoms with Gasteiger partial charge < -0.3 is 14.3 Å². The molecule has 1 N–H and O–H groups in total. The zero-order chi connectivity index (χ0) is 12.8. The van der Waals surface area contributed by atoms with Crippen LogP contribution < -0.4 is 0 Å². The number of thioether (sulfide) groups is 1. The van der Waals surface area contributed by atoms with E-state index in [-0.39, 0.29) is 6.61 Å². The molecule has 2 rings (SSSR count). The van der Waals surface area contributed by atoms with Crippen LogP contribution in [0.2, 0.25) is 0 Å². The van der Waals surface area contributed by atoms with E-state index in [4.69, 9.17) is 9.15 Å². The Kier molecular flexibility index (Phi) is 5.18. The molecule has 0 bridgehead atoms. The predicted octanol–water partition coefficient (Wildman–Crippen LogP) is 2.11. The van der Waals surface area contributed by atoms with Gasteiger partial charge in [-0.3, -0.25) is 0 Å². The molecule has 0 amide bonds. The van der Waals surface area contributed by atoms with Gasteiger partial charge >= 0.3 is 0 Å². The Labute approximate surface area is 113 Å². The van der Waals surface area contributed by atoms with Crippen molar-refractivity contribution >= 4 is 23.1 Å². The fourth-order valence-corrected chi connectivity index (χ4v) is 2.99. The van der Waals surface area contributed by atoms with E-state index in [0.29, 0.717) is 12.4 Å². The largest absolute Gasteiger partial charge is 0.467 e. The highest BCUT2D eigenvalue weighted by molar-refractivity contribution is 8.01. The first-order valence-electron chi connectivity index (χ1n) is 5.45. The molecule has 2 aromatic rings. The smallest absolute Gasteiger partial charge is 0.174 e. The van der Waals surface area contributed by atoms with Gasteiger partial charge in [0.25, 0.3) is 0 Å². The molecular weight excluding hydrogens is 272 g/mol. The standard InChI is InChI=1S/C11H14N2O3S2/c1-8-12-13-11(18-8)17-7-9(14)5-15-6-10-3-2-4-16-10/h2-4,9,14H,5-7H2,1H3. The van der Waals surface area contributed by atoms with Crippen LogP contribution in [0, 0.1) is 6.92 Å². The lowest BCUT2D eigenvalue weighted by Gasteiger charge is -2.08. The third-order valence-electron chi connectivity index (χ3n) is 2.04. The molecule has 5 nitrogen and oxygen atoms in total. The van der Waals surface area contributed by atoms with Crippen LogP contribution in [0.3, 0.4) is 0 Å². The summed E-state index contributed by atoms with van der Waals surface area (Å²) in [5, 5.41) is 18.5. The van der Waals surface area contributed by atoms with Crippen LogP contribution in [-0.4, -0.2) is 33.8 Å². The average Bonchev–Trinajstić information content (AvgIpc) is 2.98. The number of rotatable bonds is 7. The van der Waals surface area contributed by atoms with Crippen LogP contribution in [0.25, 0.3) is 0 Å². The van der Waals surface area contributed by atoms with Crippen molar-refractivity contribution in [1.29, 1.82) is 0 Å². The highest BCUT2D eigenvalue weighted by atomic mass is 32.2. The van der Waals surface area contributed by atoms with E-state index in [0.717, 1.165) is 15.1 Å². The molecule has 0 fully saturated rings. The molecule has 0 aliphatic carbocycles. The quantitative estimate of drug-likeness (QED) is 0.786. The molecule has 0 radical (unpaired) electrons. The molecule has 18 heavy (non-hydrogen) atoms. The molecule has 2 aromatic heterocycles. The number of furan rings is 1. The third kappa shape index (κ3) is 4.41. The number of aliphatic hydroxyl groups excluding tert-OH is 1. The SMILES string of the molecule is Cc1nnc(SCC(O)COCc2ccco2)s1. The monoisotopic (exact) mass is 286 g/mol. The lowest BCUT2D eigenvalue weighted by atomic mass is 10.4. The summed E-state index contributed by atoms with van der Waals surface area (Å²) in [4.78, 5) is 0. The molecule has 1 unspecified atom stereocenters. The number of aliphatic hydroxyl groups is 1. The second-order valence-corrected chi connectivity index (χ2v) is 6.10. The Bertz CT molecular complexity index is 459. The minimum atomic E-state index is -0.519. The molecule has 0 saturated carbocycles. The van der Waals surface area contributed by atoms with Gasteiger partial charge in [-0.1, -0.05) is 23.1 Å². The number of hydrogen-bond acceptors (Lipinski definition) is 7. The van der Waals surface area contributed by atoms with Crippen molar-refractivity contribution in [2.75, 3.05) is 12.4 Å². The van der Waals surface area contributed by atoms with Gasteiger partial charge in [-0.2, -0.15) is 0 Å². The van der Waals surface area contributed by atoms with Crippen molar-refractivity contribution in [3.05, 3.63) is 29.2 Å². The van der Waals surface area contributed by atoms with Crippen molar-refractivity contribution in [3.8, 4) is 0 Å². The maximum Gasteiger partial charge on any atom is 0.174 e. The van der Waals surface area contributed by atoms with Gasteiger partial charge in [0.05, 0.1) is 19.0 Å². The van der Waals surface area contributed by atoms with E-state index >= 15 is 0 Å². The number of aryl methyl sites for hydroxylation is 1. The number of hydrogen-bond donors (Lipinski definition) is 1. The van der Waals surface area contributed by atoms with Gasteiger partial charge in [-0.15, -0.1) is 10.2 Å². The third-order valence-corrected chi connectivity index (χ3v) is 4.16. The Morgan fingerprint density at radius 1 is 1.56 bits per heavy atom. The topological polar surface area (TPSA) is 68.4 Å². The van der Waals surface area contributed by atoms with Crippen LogP contribution in [0.5, 0.6) is 0 Å². The van der Waals surface area contributed by atoms with E-state index in [1.165, 1.54) is 23.1 Å². The summed E-state index contributed by atoms with van der Waals surface area (Å²) in [6.07, 6.45) is 1.08. The Balaban J connectivity index is 1.61. The first kappa shape index (κ1) is 13.5. The Morgan fingerprint density at radius 3 is 3.11 bits per heavy atom. The van der Waals surface area contributed by atoms with E-state index in [9.17, 15) is 5.11 Å². The first-order chi connectivity index (χ1) is 8.74. The lowest BCUT2D eigenvalue weighted by Crippen LogP contribution is -2.17. The minimum Gasteiger partial charge on any atom is -0.467 e. The second-order valence-electron chi connectivity index (χ2n) is 3.65. The Morgan fingerprint density at radius 2 is 2.44 bits per heavy atom. The molecule has 7 heteroatoms. The summed E-state index contributed by atoms with van der Waals surface area (Å²) in [5.74, 6) is 1.31. The summed E-state index contributed by atoms with van der Waals surface area (Å²) in [7, 11) is 0. The summed E-state index contributed by atoms with van der Waals surface area (Å²) in [5.41, 5.74) is 0. The van der Waals surface area contributed by atoms with Gasteiger partial charge in [-0.25, -0.2) is 0 Å². The van der Waals surface area contributed by atoms with Crippen molar-refractivity contribution in [2.24, 2.45) is 0 Å². The summed E-state index contributed by atoms with van der Waals surface area (Å²) in [6, 6.07) is 3.65. The zero-order valence-electron chi connectivity index (χ0n) is 9.91. The molecule has 0 aliphatic heterocycles. The molecule has 0 aromatic carbocycles. The summed E-state index contributed by atoms with van der Waals surface area (Å²) in [6.45, 7) is 2.57. The van der Waals surface area contributed by atoms with Crippen LogP contribution in [0.15, 0.2) is 27.2 Å². The van der Waals surface area contributed by atoms with Crippen LogP contribution in [0.1, 0.15) is 10.8 Å². The highest BCUT2D eigenvalue weighted by Crippen LogP contribution is 2.22. The van der Waals surface area contributed by atoms with Crippen LogP contribution in [-0.2, 0) is 11.3 Å². The van der Waals surface area contributed by atoms with Crippen molar-refractivity contribution in [1.82, 2.24) is 10.2 Å². The van der Waals surface area contributed by atoms with Crippen molar-refractivity contribution in [2.45, 2.75) is 24.0 Å². The zero-order valence-corrected chi connectivity index (χ0v) is 11.5. The van der Waals surface area contributed by atoms with Gasteiger partial charge in [0.15, 0.2) is 4.34 Å². The second kappa shape index (κ2) is 6.89.